The fourth-order valence-electron chi connectivity index (χ4n) is 0.966. The maximum Gasteiger partial charge on any atom is 0.150 e. The van der Waals surface area contributed by atoms with Crippen LogP contribution in [0.25, 0.3) is 0 Å². The molecule has 72 valence electrons. The summed E-state index contributed by atoms with van der Waals surface area (Å²) in [4.78, 5) is 0. The first-order chi connectivity index (χ1) is 6.07. The molecule has 0 aromatic heterocycles. The molecule has 0 aliphatic carbocycles. The molecule has 1 rings (SSSR count). The van der Waals surface area contributed by atoms with Gasteiger partial charge in [0.15, 0.2) is 5.82 Å². The number of nitrogens with two attached hydrogens (primary N) is 1. The van der Waals surface area contributed by atoms with Crippen LogP contribution in [0.3, 0.4) is 0 Å². The first-order valence-electron chi connectivity index (χ1n) is 3.59. The predicted molar refractivity (Wildman–Crippen MR) is 45.4 cm³/mol. The minimum absolute atomic E-state index is 0.232. The van der Waals surface area contributed by atoms with Gasteiger partial charge in [-0.25, -0.2) is 8.78 Å². The molecule has 0 aliphatic rings. The molecule has 5 heteroatoms. The van der Waals surface area contributed by atoms with E-state index in [1.807, 2.05) is 0 Å². The van der Waals surface area contributed by atoms with Gasteiger partial charge in [0.25, 0.3) is 0 Å². The van der Waals surface area contributed by atoms with E-state index in [0.717, 1.165) is 12.1 Å². The van der Waals surface area contributed by atoms with Crippen LogP contribution in [-0.2, 0) is 0 Å². The molecule has 0 radical (unpaired) electrons. The highest BCUT2D eigenvalue weighted by Gasteiger charge is 2.18. The summed E-state index contributed by atoms with van der Waals surface area (Å²) in [5.74, 6) is -1.81. The average Bonchev–Trinajstić information content (AvgIpc) is 2.12. The summed E-state index contributed by atoms with van der Waals surface area (Å²) in [6, 6.07) is 2.07. The molecule has 0 aliphatic heterocycles. The smallest absolute Gasteiger partial charge is 0.150 e. The SMILES string of the molecule is NCC(O)c1c(F)ccc(Cl)c1F. The maximum absolute atomic E-state index is 13.1. The Morgan fingerprint density at radius 1 is 1.46 bits per heavy atom. The van der Waals surface area contributed by atoms with Gasteiger partial charge in [0, 0.05) is 6.54 Å². The van der Waals surface area contributed by atoms with Crippen LogP contribution in [-0.4, -0.2) is 11.7 Å². The fourth-order valence-corrected chi connectivity index (χ4v) is 1.13. The second kappa shape index (κ2) is 4.00. The first-order valence-corrected chi connectivity index (χ1v) is 3.97. The van der Waals surface area contributed by atoms with Crippen LogP contribution in [0.2, 0.25) is 5.02 Å². The van der Waals surface area contributed by atoms with Crippen molar-refractivity contribution >= 4 is 11.6 Å². The highest BCUT2D eigenvalue weighted by molar-refractivity contribution is 6.30. The van der Waals surface area contributed by atoms with Crippen molar-refractivity contribution in [3.63, 3.8) is 0 Å². The molecule has 0 bridgehead atoms. The summed E-state index contributed by atoms with van der Waals surface area (Å²) in [5.41, 5.74) is 4.59. The van der Waals surface area contributed by atoms with E-state index in [9.17, 15) is 8.78 Å². The van der Waals surface area contributed by atoms with Crippen LogP contribution in [0.5, 0.6) is 0 Å². The van der Waals surface area contributed by atoms with Crippen molar-refractivity contribution in [2.45, 2.75) is 6.10 Å². The first kappa shape index (κ1) is 10.4. The quantitative estimate of drug-likeness (QED) is 0.724. The zero-order valence-electron chi connectivity index (χ0n) is 6.60. The highest BCUT2D eigenvalue weighted by atomic mass is 35.5. The molecule has 1 aromatic carbocycles. The van der Waals surface area contributed by atoms with Gasteiger partial charge >= 0.3 is 0 Å². The third-order valence-electron chi connectivity index (χ3n) is 1.64. The second-order valence-electron chi connectivity index (χ2n) is 2.51. The molecule has 1 unspecified atom stereocenters. The number of aliphatic hydroxyl groups is 1. The summed E-state index contributed by atoms with van der Waals surface area (Å²) in [7, 11) is 0. The van der Waals surface area contributed by atoms with Gasteiger partial charge in [-0.2, -0.15) is 0 Å². The largest absolute Gasteiger partial charge is 0.387 e. The van der Waals surface area contributed by atoms with Crippen molar-refractivity contribution in [2.24, 2.45) is 5.73 Å². The van der Waals surface area contributed by atoms with E-state index in [1.165, 1.54) is 0 Å². The lowest BCUT2D eigenvalue weighted by Crippen LogP contribution is -2.14. The highest BCUT2D eigenvalue weighted by Crippen LogP contribution is 2.25. The lowest BCUT2D eigenvalue weighted by atomic mass is 10.1. The van der Waals surface area contributed by atoms with E-state index < -0.39 is 23.3 Å². The van der Waals surface area contributed by atoms with Crippen molar-refractivity contribution in [1.29, 1.82) is 0 Å². The normalized spacial score (nSPS) is 13.0. The number of halogens is 3. The molecule has 0 heterocycles. The monoisotopic (exact) mass is 207 g/mol. The molecule has 0 spiro atoms. The van der Waals surface area contributed by atoms with Crippen molar-refractivity contribution < 1.29 is 13.9 Å². The van der Waals surface area contributed by atoms with Gasteiger partial charge in [-0.15, -0.1) is 0 Å². The lowest BCUT2D eigenvalue weighted by Gasteiger charge is -2.10. The van der Waals surface area contributed by atoms with Crippen LogP contribution >= 0.6 is 11.6 Å². The summed E-state index contributed by atoms with van der Waals surface area (Å²) >= 11 is 5.39. The van der Waals surface area contributed by atoms with E-state index in [-0.39, 0.29) is 11.6 Å². The summed E-state index contributed by atoms with van der Waals surface area (Å²) in [6.07, 6.45) is -1.36. The van der Waals surface area contributed by atoms with Crippen molar-refractivity contribution in [3.8, 4) is 0 Å². The lowest BCUT2D eigenvalue weighted by molar-refractivity contribution is 0.176. The second-order valence-corrected chi connectivity index (χ2v) is 2.92. The van der Waals surface area contributed by atoms with Gasteiger partial charge in [-0.3, -0.25) is 0 Å². The van der Waals surface area contributed by atoms with Crippen LogP contribution in [0.1, 0.15) is 11.7 Å². The van der Waals surface area contributed by atoms with Crippen LogP contribution in [0.15, 0.2) is 12.1 Å². The van der Waals surface area contributed by atoms with Crippen LogP contribution in [0.4, 0.5) is 8.78 Å². The zero-order valence-corrected chi connectivity index (χ0v) is 7.35. The van der Waals surface area contributed by atoms with E-state index in [4.69, 9.17) is 22.4 Å². The topological polar surface area (TPSA) is 46.2 Å². The van der Waals surface area contributed by atoms with E-state index in [0.29, 0.717) is 0 Å². The molecule has 0 amide bonds. The molecule has 0 saturated carbocycles. The van der Waals surface area contributed by atoms with Gasteiger partial charge in [0.1, 0.15) is 5.82 Å². The Morgan fingerprint density at radius 2 is 2.08 bits per heavy atom. The molecule has 1 aromatic rings. The van der Waals surface area contributed by atoms with Crippen molar-refractivity contribution in [3.05, 3.63) is 34.4 Å². The molecular formula is C8H8ClF2NO. The molecule has 0 saturated heterocycles. The molecule has 1 atom stereocenters. The Kier molecular flexibility index (Phi) is 3.19. The molecule has 2 nitrogen and oxygen atoms in total. The Labute approximate surface area is 78.9 Å². The number of benzene rings is 1. The Hall–Kier alpha value is -0.710. The predicted octanol–water partition coefficient (Wildman–Crippen LogP) is 1.61. The van der Waals surface area contributed by atoms with Crippen LogP contribution < -0.4 is 5.73 Å². The maximum atomic E-state index is 13.1. The molecular weight excluding hydrogens is 200 g/mol. The number of aliphatic hydroxyl groups excluding tert-OH is 1. The molecule has 3 N–H and O–H groups in total. The van der Waals surface area contributed by atoms with E-state index in [1.54, 1.807) is 0 Å². The third-order valence-corrected chi connectivity index (χ3v) is 1.93. The average molecular weight is 208 g/mol. The van der Waals surface area contributed by atoms with Gasteiger partial charge in [-0.1, -0.05) is 11.6 Å². The summed E-state index contributed by atoms with van der Waals surface area (Å²) < 4.78 is 26.1. The van der Waals surface area contributed by atoms with Gasteiger partial charge < -0.3 is 10.8 Å². The number of hydrogen-bond acceptors (Lipinski definition) is 2. The van der Waals surface area contributed by atoms with E-state index in [2.05, 4.69) is 0 Å². The van der Waals surface area contributed by atoms with Gasteiger partial charge in [0.05, 0.1) is 16.7 Å². The van der Waals surface area contributed by atoms with Gasteiger partial charge in [-0.05, 0) is 12.1 Å². The standard InChI is InChI=1S/C8H8ClF2NO/c9-4-1-2-5(10)7(8(4)11)6(13)3-12/h1-2,6,13H,3,12H2. The summed E-state index contributed by atoms with van der Waals surface area (Å²) in [5, 5.41) is 8.92. The Bertz CT molecular complexity index is 319. The summed E-state index contributed by atoms with van der Waals surface area (Å²) in [6.45, 7) is -0.256. The molecule has 0 fully saturated rings. The molecule has 13 heavy (non-hydrogen) atoms. The van der Waals surface area contributed by atoms with Crippen molar-refractivity contribution in [2.75, 3.05) is 6.54 Å². The van der Waals surface area contributed by atoms with Gasteiger partial charge in [0.2, 0.25) is 0 Å². The fraction of sp³-hybridized carbons (Fsp3) is 0.250. The zero-order chi connectivity index (χ0) is 10.0. The number of hydrogen-bond donors (Lipinski definition) is 2. The minimum Gasteiger partial charge on any atom is -0.387 e. The Balaban J connectivity index is 3.25. The third kappa shape index (κ3) is 1.96. The van der Waals surface area contributed by atoms with Crippen molar-refractivity contribution in [1.82, 2.24) is 0 Å². The Morgan fingerprint density at radius 3 is 2.62 bits per heavy atom. The van der Waals surface area contributed by atoms with E-state index >= 15 is 0 Å². The minimum atomic E-state index is -1.36. The van der Waals surface area contributed by atoms with Crippen LogP contribution in [0, 0.1) is 11.6 Å². The number of rotatable bonds is 2.